The molecular formula is C18H19ClN2O4S. The fourth-order valence-corrected chi connectivity index (χ4v) is 4.34. The average Bonchev–Trinajstić information content (AvgIpc) is 2.98. The van der Waals surface area contributed by atoms with Crippen molar-refractivity contribution in [3.63, 3.8) is 0 Å². The highest BCUT2D eigenvalue weighted by Gasteiger charge is 2.23. The molecule has 0 amide bonds. The van der Waals surface area contributed by atoms with Crippen molar-refractivity contribution >= 4 is 39.6 Å². The Hall–Kier alpha value is -2.35. The van der Waals surface area contributed by atoms with Gasteiger partial charge in [0.1, 0.15) is 5.75 Å². The van der Waals surface area contributed by atoms with Crippen LogP contribution in [0.5, 0.6) is 5.75 Å². The van der Waals surface area contributed by atoms with Crippen LogP contribution in [0.4, 0.5) is 0 Å². The molecule has 2 N–H and O–H groups in total. The summed E-state index contributed by atoms with van der Waals surface area (Å²) in [4.78, 5) is 11.4. The van der Waals surface area contributed by atoms with Crippen LogP contribution < -0.4 is 10.5 Å². The fourth-order valence-electron chi connectivity index (χ4n) is 2.80. The van der Waals surface area contributed by atoms with Gasteiger partial charge in [-0.2, -0.15) is 0 Å². The largest absolute Gasteiger partial charge is 0.496 e. The molecular weight excluding hydrogens is 376 g/mol. The quantitative estimate of drug-likeness (QED) is 0.672. The third-order valence-corrected chi connectivity index (χ3v) is 5.86. The molecule has 0 atom stereocenters. The second kappa shape index (κ2) is 7.49. The number of nitrogens with zero attached hydrogens (tertiary/aromatic N) is 1. The molecule has 0 aliphatic carbocycles. The number of ether oxygens (including phenoxy) is 1. The van der Waals surface area contributed by atoms with Crippen molar-refractivity contribution in [3.8, 4) is 5.75 Å². The lowest BCUT2D eigenvalue weighted by molar-refractivity contribution is 0.112. The number of benzene rings is 2. The van der Waals surface area contributed by atoms with Gasteiger partial charge in [0.15, 0.2) is 6.29 Å². The molecule has 0 bridgehead atoms. The standard InChI is InChI=1S/C18H18N2O4S.ClH/c1-12-3-5-16(6-4-12)25(22,23)20-15(10-19)8-13-7-14(11-21)18(24-2)9-17(13)20;/h3-9,11H,10,19H2,1-2H3;1H. The first-order chi connectivity index (χ1) is 11.9. The highest BCUT2D eigenvalue weighted by molar-refractivity contribution is 7.90. The van der Waals surface area contributed by atoms with Gasteiger partial charge in [0.05, 0.1) is 23.1 Å². The number of aldehydes is 1. The number of aromatic nitrogens is 1. The van der Waals surface area contributed by atoms with E-state index in [9.17, 15) is 13.2 Å². The lowest BCUT2D eigenvalue weighted by atomic mass is 10.1. The van der Waals surface area contributed by atoms with Crippen LogP contribution in [-0.2, 0) is 16.6 Å². The molecule has 0 aliphatic heterocycles. The highest BCUT2D eigenvalue weighted by Crippen LogP contribution is 2.31. The Morgan fingerprint density at radius 3 is 2.35 bits per heavy atom. The Bertz CT molecular complexity index is 1060. The third kappa shape index (κ3) is 3.21. The van der Waals surface area contributed by atoms with Crippen LogP contribution in [0, 0.1) is 6.92 Å². The zero-order valence-corrected chi connectivity index (χ0v) is 15.9. The number of halogens is 1. The number of methoxy groups -OCH3 is 1. The fraction of sp³-hybridized carbons (Fsp3) is 0.167. The van der Waals surface area contributed by atoms with Gasteiger partial charge in [-0.3, -0.25) is 4.79 Å². The minimum absolute atomic E-state index is 0. The van der Waals surface area contributed by atoms with E-state index in [4.69, 9.17) is 10.5 Å². The van der Waals surface area contributed by atoms with Crippen molar-refractivity contribution in [2.75, 3.05) is 7.11 Å². The molecule has 138 valence electrons. The summed E-state index contributed by atoms with van der Waals surface area (Å²) in [5.74, 6) is 0.310. The molecule has 1 heterocycles. The zero-order chi connectivity index (χ0) is 18.2. The number of aryl methyl sites for hydroxylation is 1. The molecule has 0 fully saturated rings. The van der Waals surface area contributed by atoms with E-state index in [0.717, 1.165) is 5.56 Å². The van der Waals surface area contributed by atoms with Gasteiger partial charge in [-0.1, -0.05) is 17.7 Å². The number of nitrogens with two attached hydrogens (primary N) is 1. The summed E-state index contributed by atoms with van der Waals surface area (Å²) in [6.45, 7) is 1.93. The minimum atomic E-state index is -3.83. The summed E-state index contributed by atoms with van der Waals surface area (Å²) < 4.78 is 32.7. The summed E-state index contributed by atoms with van der Waals surface area (Å²) >= 11 is 0. The molecule has 3 rings (SSSR count). The van der Waals surface area contributed by atoms with Crippen molar-refractivity contribution in [3.05, 3.63) is 59.3 Å². The van der Waals surface area contributed by atoms with Crippen LogP contribution in [0.2, 0.25) is 0 Å². The van der Waals surface area contributed by atoms with Crippen molar-refractivity contribution in [1.82, 2.24) is 3.97 Å². The predicted molar refractivity (Wildman–Crippen MR) is 103 cm³/mol. The molecule has 8 heteroatoms. The second-order valence-electron chi connectivity index (χ2n) is 5.69. The number of hydrogen-bond donors (Lipinski definition) is 1. The van der Waals surface area contributed by atoms with E-state index in [1.165, 1.54) is 11.1 Å². The Balaban J connectivity index is 0.00000243. The van der Waals surface area contributed by atoms with E-state index in [1.807, 2.05) is 6.92 Å². The minimum Gasteiger partial charge on any atom is -0.496 e. The van der Waals surface area contributed by atoms with E-state index in [2.05, 4.69) is 0 Å². The number of rotatable bonds is 5. The van der Waals surface area contributed by atoms with Crippen LogP contribution in [0.1, 0.15) is 21.6 Å². The summed E-state index contributed by atoms with van der Waals surface area (Å²) in [7, 11) is -2.40. The topological polar surface area (TPSA) is 91.4 Å². The van der Waals surface area contributed by atoms with Gasteiger partial charge in [-0.15, -0.1) is 12.4 Å². The summed E-state index contributed by atoms with van der Waals surface area (Å²) in [5.41, 5.74) is 7.94. The SMILES string of the molecule is COc1cc2c(cc1C=O)cc(CN)n2S(=O)(=O)c1ccc(C)cc1.Cl. The van der Waals surface area contributed by atoms with Gasteiger partial charge in [0.2, 0.25) is 0 Å². The summed E-state index contributed by atoms with van der Waals surface area (Å²) in [6.07, 6.45) is 0.673. The first-order valence-corrected chi connectivity index (χ1v) is 9.06. The normalized spacial score (nSPS) is 11.2. The van der Waals surface area contributed by atoms with E-state index >= 15 is 0 Å². The molecule has 6 nitrogen and oxygen atoms in total. The van der Waals surface area contributed by atoms with Crippen LogP contribution in [0.3, 0.4) is 0 Å². The monoisotopic (exact) mass is 394 g/mol. The molecule has 3 aromatic rings. The maximum absolute atomic E-state index is 13.2. The van der Waals surface area contributed by atoms with Gasteiger partial charge in [-0.25, -0.2) is 12.4 Å². The Morgan fingerprint density at radius 1 is 1.15 bits per heavy atom. The molecule has 0 radical (unpaired) electrons. The van der Waals surface area contributed by atoms with Gasteiger partial charge in [-0.05, 0) is 31.2 Å². The predicted octanol–water partition coefficient (Wildman–Crippen LogP) is 2.89. The summed E-state index contributed by atoms with van der Waals surface area (Å²) in [5, 5.41) is 0.610. The van der Waals surface area contributed by atoms with E-state index in [0.29, 0.717) is 34.2 Å². The zero-order valence-electron chi connectivity index (χ0n) is 14.3. The van der Waals surface area contributed by atoms with E-state index in [-0.39, 0.29) is 23.8 Å². The van der Waals surface area contributed by atoms with E-state index in [1.54, 1.807) is 42.5 Å². The molecule has 1 aromatic heterocycles. The Labute approximate surface area is 158 Å². The van der Waals surface area contributed by atoms with Crippen molar-refractivity contribution in [2.24, 2.45) is 5.73 Å². The van der Waals surface area contributed by atoms with Crippen molar-refractivity contribution < 1.29 is 17.9 Å². The number of carbonyl (C=O) groups is 1. The average molecular weight is 395 g/mol. The van der Waals surface area contributed by atoms with E-state index < -0.39 is 10.0 Å². The number of carbonyl (C=O) groups excluding carboxylic acids is 1. The molecule has 0 spiro atoms. The number of hydrogen-bond acceptors (Lipinski definition) is 5. The van der Waals surface area contributed by atoms with Gasteiger partial charge < -0.3 is 10.5 Å². The van der Waals surface area contributed by atoms with Crippen LogP contribution in [0.25, 0.3) is 10.9 Å². The molecule has 2 aromatic carbocycles. The smallest absolute Gasteiger partial charge is 0.268 e. The van der Waals surface area contributed by atoms with Crippen molar-refractivity contribution in [1.29, 1.82) is 0 Å². The first kappa shape index (κ1) is 20.0. The van der Waals surface area contributed by atoms with Gasteiger partial charge in [0, 0.05) is 23.7 Å². The number of fused-ring (bicyclic) bond motifs is 1. The molecule has 0 saturated carbocycles. The second-order valence-corrected chi connectivity index (χ2v) is 7.48. The maximum Gasteiger partial charge on any atom is 0.268 e. The maximum atomic E-state index is 13.2. The van der Waals surface area contributed by atoms with Crippen LogP contribution in [0.15, 0.2) is 47.4 Å². The molecule has 0 aliphatic rings. The lowest BCUT2D eigenvalue weighted by Gasteiger charge is -2.12. The first-order valence-electron chi connectivity index (χ1n) is 7.62. The molecule has 0 unspecified atom stereocenters. The molecule has 0 saturated heterocycles. The lowest BCUT2D eigenvalue weighted by Crippen LogP contribution is -2.17. The third-order valence-electron chi connectivity index (χ3n) is 4.08. The summed E-state index contributed by atoms with van der Waals surface area (Å²) in [6, 6.07) is 11.4. The van der Waals surface area contributed by atoms with Crippen LogP contribution >= 0.6 is 12.4 Å². The Morgan fingerprint density at radius 2 is 1.81 bits per heavy atom. The van der Waals surface area contributed by atoms with Crippen molar-refractivity contribution in [2.45, 2.75) is 18.4 Å². The molecule has 26 heavy (non-hydrogen) atoms. The van der Waals surface area contributed by atoms with Gasteiger partial charge in [0.25, 0.3) is 10.0 Å². The highest BCUT2D eigenvalue weighted by atomic mass is 35.5. The van der Waals surface area contributed by atoms with Crippen LogP contribution in [-0.4, -0.2) is 25.8 Å². The Kier molecular flexibility index (Phi) is 5.75. The van der Waals surface area contributed by atoms with Gasteiger partial charge >= 0.3 is 0 Å².